The maximum atomic E-state index is 12.0. The minimum atomic E-state index is -0.238. The molecule has 0 unspecified atom stereocenters. The van der Waals surface area contributed by atoms with Gasteiger partial charge in [0.2, 0.25) is 0 Å². The van der Waals surface area contributed by atoms with Gasteiger partial charge < -0.3 is 5.11 Å². The van der Waals surface area contributed by atoms with E-state index in [1.54, 1.807) is 0 Å². The molecule has 4 nitrogen and oxygen atoms in total. The van der Waals surface area contributed by atoms with Crippen LogP contribution in [0.15, 0.2) is 152 Å². The molecular formula is C49H41N3O. The van der Waals surface area contributed by atoms with Crippen molar-refractivity contribution in [2.24, 2.45) is 0 Å². The van der Waals surface area contributed by atoms with Gasteiger partial charge >= 0.3 is 0 Å². The van der Waals surface area contributed by atoms with E-state index in [0.717, 1.165) is 61.4 Å². The summed E-state index contributed by atoms with van der Waals surface area (Å²) in [5.41, 5.74) is 15.4. The third-order valence-electron chi connectivity index (χ3n) is 10.9. The Labute approximate surface area is 311 Å². The largest absolute Gasteiger partial charge is 0.507 e. The summed E-state index contributed by atoms with van der Waals surface area (Å²) < 4.78 is 2.24. The maximum Gasteiger partial charge on any atom is 0.149 e. The summed E-state index contributed by atoms with van der Waals surface area (Å²) in [6.07, 6.45) is 1.85. The van der Waals surface area contributed by atoms with Gasteiger partial charge in [-0.05, 0) is 92.9 Å². The van der Waals surface area contributed by atoms with Crippen molar-refractivity contribution in [1.82, 2.24) is 14.5 Å². The van der Waals surface area contributed by atoms with Gasteiger partial charge in [-0.3, -0.25) is 9.55 Å². The van der Waals surface area contributed by atoms with Crippen molar-refractivity contribution in [3.05, 3.63) is 168 Å². The Kier molecular flexibility index (Phi) is 7.49. The lowest BCUT2D eigenvalue weighted by Crippen LogP contribution is -2.14. The molecule has 0 fully saturated rings. The number of imidazole rings is 1. The highest BCUT2D eigenvalue weighted by atomic mass is 16.3. The number of aromatic hydroxyl groups is 1. The number of para-hydroxylation sites is 2. The average molecular weight is 688 g/mol. The summed E-state index contributed by atoms with van der Waals surface area (Å²) in [6, 6.07) is 50.9. The van der Waals surface area contributed by atoms with Crippen LogP contribution in [0.25, 0.3) is 72.7 Å². The molecule has 0 spiro atoms. The lowest BCUT2D eigenvalue weighted by molar-refractivity contribution is 0.474. The molecule has 2 heterocycles. The second kappa shape index (κ2) is 12.2. The maximum absolute atomic E-state index is 12.0. The molecule has 0 saturated heterocycles. The Morgan fingerprint density at radius 1 is 0.566 bits per heavy atom. The molecule has 2 aromatic heterocycles. The normalized spacial score (nSPS) is 13.2. The molecule has 1 N–H and O–H groups in total. The summed E-state index contributed by atoms with van der Waals surface area (Å²) >= 11 is 0. The number of benzene rings is 6. The highest BCUT2D eigenvalue weighted by molar-refractivity contribution is 5.98. The number of hydrogen-bond donors (Lipinski definition) is 1. The van der Waals surface area contributed by atoms with Gasteiger partial charge in [-0.15, -0.1) is 0 Å². The van der Waals surface area contributed by atoms with Crippen LogP contribution < -0.4 is 0 Å². The van der Waals surface area contributed by atoms with E-state index in [-0.39, 0.29) is 16.6 Å². The molecule has 1 aliphatic rings. The van der Waals surface area contributed by atoms with Crippen molar-refractivity contribution in [1.29, 1.82) is 0 Å². The zero-order chi connectivity index (χ0) is 36.5. The van der Waals surface area contributed by atoms with Crippen molar-refractivity contribution in [2.75, 3.05) is 0 Å². The highest BCUT2D eigenvalue weighted by Crippen LogP contribution is 2.52. The Bertz CT molecular complexity index is 2680. The number of hydrogen-bond acceptors (Lipinski definition) is 3. The summed E-state index contributed by atoms with van der Waals surface area (Å²) in [5.74, 6) is 0.905. The summed E-state index contributed by atoms with van der Waals surface area (Å²) in [6.45, 7) is 11.2. The first-order valence-electron chi connectivity index (χ1n) is 18.3. The van der Waals surface area contributed by atoms with Crippen LogP contribution in [0.1, 0.15) is 51.3 Å². The summed E-state index contributed by atoms with van der Waals surface area (Å²) in [4.78, 5) is 10.3. The molecule has 0 bridgehead atoms. The molecule has 0 radical (unpaired) electrons. The standard InChI is InChI=1S/C49H41N3O/c1-48(2,3)34-27-32(26-33(28-34)42-22-13-14-25-50-42)36-20-15-24-44-46(36)51-47(52(44)43-23-12-10-18-35(43)31-16-7-6-8-17-31)39-29-38-37-19-9-11-21-40(37)49(4,5)41(38)30-45(39)53/h6-30,53H,1-5H3. The molecule has 1 aliphatic carbocycles. The fourth-order valence-electron chi connectivity index (χ4n) is 8.10. The molecule has 0 saturated carbocycles. The van der Waals surface area contributed by atoms with Crippen molar-refractivity contribution >= 4 is 11.0 Å². The molecule has 6 aromatic carbocycles. The topological polar surface area (TPSA) is 50.9 Å². The van der Waals surface area contributed by atoms with Gasteiger partial charge in [0.1, 0.15) is 11.6 Å². The van der Waals surface area contributed by atoms with Crippen LogP contribution in [-0.2, 0) is 10.8 Å². The van der Waals surface area contributed by atoms with Crippen LogP contribution in [0.5, 0.6) is 5.75 Å². The number of aromatic nitrogens is 3. The molecule has 53 heavy (non-hydrogen) atoms. The Morgan fingerprint density at radius 2 is 1.26 bits per heavy atom. The van der Waals surface area contributed by atoms with Crippen LogP contribution in [0.4, 0.5) is 0 Å². The van der Waals surface area contributed by atoms with E-state index in [9.17, 15) is 5.11 Å². The van der Waals surface area contributed by atoms with Crippen molar-refractivity contribution < 1.29 is 5.11 Å². The van der Waals surface area contributed by atoms with Crippen molar-refractivity contribution in [3.63, 3.8) is 0 Å². The van der Waals surface area contributed by atoms with E-state index >= 15 is 0 Å². The molecule has 8 aromatic rings. The first-order chi connectivity index (χ1) is 25.6. The van der Waals surface area contributed by atoms with Crippen LogP contribution in [0.2, 0.25) is 0 Å². The lowest BCUT2D eigenvalue weighted by Gasteiger charge is -2.22. The highest BCUT2D eigenvalue weighted by Gasteiger charge is 2.37. The van der Waals surface area contributed by atoms with Gasteiger partial charge in [0.05, 0.1) is 28.0 Å². The average Bonchev–Trinajstić information content (AvgIpc) is 3.67. The molecular weight excluding hydrogens is 647 g/mol. The zero-order valence-electron chi connectivity index (χ0n) is 30.7. The molecule has 9 rings (SSSR count). The molecule has 0 amide bonds. The predicted octanol–water partition coefficient (Wildman–Crippen LogP) is 12.4. The van der Waals surface area contributed by atoms with E-state index in [1.165, 1.54) is 16.7 Å². The fourth-order valence-corrected chi connectivity index (χ4v) is 8.10. The monoisotopic (exact) mass is 687 g/mol. The zero-order valence-corrected chi connectivity index (χ0v) is 30.7. The van der Waals surface area contributed by atoms with Crippen LogP contribution in [0, 0.1) is 0 Å². The second-order valence-electron chi connectivity index (χ2n) is 15.7. The minimum Gasteiger partial charge on any atom is -0.507 e. The van der Waals surface area contributed by atoms with Crippen LogP contribution in [0.3, 0.4) is 0 Å². The van der Waals surface area contributed by atoms with Gasteiger partial charge in [0.25, 0.3) is 0 Å². The minimum absolute atomic E-state index is 0.0904. The van der Waals surface area contributed by atoms with E-state index in [4.69, 9.17) is 9.97 Å². The number of fused-ring (bicyclic) bond motifs is 4. The Morgan fingerprint density at radius 3 is 2.04 bits per heavy atom. The SMILES string of the molecule is CC(C)(C)c1cc(-c2ccccn2)cc(-c2cccc3c2nc(-c2cc4c(cc2O)C(C)(C)c2ccccc2-4)n3-c2ccccc2-c2ccccc2)c1. The molecule has 0 atom stereocenters. The number of pyridine rings is 1. The molecule has 258 valence electrons. The summed E-state index contributed by atoms with van der Waals surface area (Å²) in [7, 11) is 0. The number of phenols is 1. The van der Waals surface area contributed by atoms with E-state index in [2.05, 4.69) is 161 Å². The van der Waals surface area contributed by atoms with E-state index in [1.807, 2.05) is 30.5 Å². The third kappa shape index (κ3) is 5.36. The fraction of sp³-hybridized carbons (Fsp3) is 0.143. The number of phenolic OH excluding ortho intramolecular Hbond substituents is 1. The van der Waals surface area contributed by atoms with Crippen molar-refractivity contribution in [3.8, 4) is 67.5 Å². The van der Waals surface area contributed by atoms with Gasteiger partial charge in [0, 0.05) is 28.3 Å². The number of nitrogens with zero attached hydrogens (tertiary/aromatic N) is 3. The first kappa shape index (κ1) is 32.6. The van der Waals surface area contributed by atoms with Gasteiger partial charge in [0.15, 0.2) is 0 Å². The summed E-state index contributed by atoms with van der Waals surface area (Å²) in [5, 5.41) is 12.0. The Hall–Kier alpha value is -6.26. The number of rotatable bonds is 5. The molecule has 0 aliphatic heterocycles. The van der Waals surface area contributed by atoms with Crippen LogP contribution in [-0.4, -0.2) is 19.6 Å². The smallest absolute Gasteiger partial charge is 0.149 e. The van der Waals surface area contributed by atoms with Gasteiger partial charge in [-0.25, -0.2) is 4.98 Å². The molecule has 4 heteroatoms. The first-order valence-corrected chi connectivity index (χ1v) is 18.3. The Balaban J connectivity index is 1.35. The quantitative estimate of drug-likeness (QED) is 0.196. The van der Waals surface area contributed by atoms with Gasteiger partial charge in [-0.1, -0.05) is 132 Å². The third-order valence-corrected chi connectivity index (χ3v) is 10.9. The van der Waals surface area contributed by atoms with Gasteiger partial charge in [-0.2, -0.15) is 0 Å². The van der Waals surface area contributed by atoms with Crippen molar-refractivity contribution in [2.45, 2.75) is 45.4 Å². The van der Waals surface area contributed by atoms with E-state index < -0.39 is 0 Å². The lowest BCUT2D eigenvalue weighted by atomic mass is 9.82. The van der Waals surface area contributed by atoms with E-state index in [0.29, 0.717) is 11.4 Å². The second-order valence-corrected chi connectivity index (χ2v) is 15.7. The predicted molar refractivity (Wildman–Crippen MR) is 219 cm³/mol. The van der Waals surface area contributed by atoms with Crippen LogP contribution >= 0.6 is 0 Å².